The van der Waals surface area contributed by atoms with Crippen molar-refractivity contribution in [2.45, 2.75) is 6.92 Å². The fourth-order valence-electron chi connectivity index (χ4n) is 1.47. The third-order valence-corrected chi connectivity index (χ3v) is 3.12. The van der Waals surface area contributed by atoms with E-state index in [1.54, 1.807) is 19.1 Å². The van der Waals surface area contributed by atoms with Crippen LogP contribution < -0.4 is 10.7 Å². The summed E-state index contributed by atoms with van der Waals surface area (Å²) in [6.07, 6.45) is 1.49. The number of carbonyl (C=O) groups is 1. The number of hydrogen-bond donors (Lipinski definition) is 3. The van der Waals surface area contributed by atoms with Crippen molar-refractivity contribution in [2.24, 2.45) is 5.10 Å². The van der Waals surface area contributed by atoms with Gasteiger partial charge in [-0.3, -0.25) is 5.43 Å². The van der Waals surface area contributed by atoms with E-state index in [1.165, 1.54) is 18.3 Å². The summed E-state index contributed by atoms with van der Waals surface area (Å²) >= 11 is 0.981. The average Bonchev–Trinajstić information content (AvgIpc) is 2.96. The molecule has 0 spiro atoms. The van der Waals surface area contributed by atoms with Crippen molar-refractivity contribution in [3.05, 3.63) is 40.7 Å². The van der Waals surface area contributed by atoms with Crippen LogP contribution in [-0.2, 0) is 4.74 Å². The van der Waals surface area contributed by atoms with Crippen LogP contribution in [0.15, 0.2) is 29.4 Å². The van der Waals surface area contributed by atoms with E-state index in [4.69, 9.17) is 9.94 Å². The Morgan fingerprint density at radius 2 is 2.27 bits per heavy atom. The lowest BCUT2D eigenvalue weighted by molar-refractivity contribution is -0.991. The quantitative estimate of drug-likeness (QED) is 0.403. The molecule has 22 heavy (non-hydrogen) atoms. The molecule has 0 aliphatic heterocycles. The van der Waals surface area contributed by atoms with Crippen LogP contribution in [0, 0.1) is 5.21 Å². The smallest absolute Gasteiger partial charge is 0.362 e. The summed E-state index contributed by atoms with van der Waals surface area (Å²) in [6, 6.07) is 6.18. The third kappa shape index (κ3) is 4.05. The Bertz CT molecular complexity index is 656. The molecule has 0 bridgehead atoms. The van der Waals surface area contributed by atoms with Crippen LogP contribution >= 0.6 is 11.5 Å². The second-order valence-corrected chi connectivity index (χ2v) is 4.72. The van der Waals surface area contributed by atoms with Crippen LogP contribution in [0.5, 0.6) is 0 Å². The summed E-state index contributed by atoms with van der Waals surface area (Å²) in [5.41, 5.74) is 3.64. The van der Waals surface area contributed by atoms with Gasteiger partial charge in [-0.2, -0.15) is 10.3 Å². The van der Waals surface area contributed by atoms with E-state index >= 15 is 0 Å². The highest BCUT2D eigenvalue weighted by Crippen LogP contribution is 2.18. The first-order chi connectivity index (χ1) is 10.6. The lowest BCUT2D eigenvalue weighted by Crippen LogP contribution is -2.99. The maximum atomic E-state index is 11.6. The lowest BCUT2D eigenvalue weighted by Gasteiger charge is -2.10. The summed E-state index contributed by atoms with van der Waals surface area (Å²) in [5.74, 6) is -0.570. The molecule has 10 heteroatoms. The van der Waals surface area contributed by atoms with Gasteiger partial charge < -0.3 is 9.94 Å². The molecule has 3 N–H and O–H groups in total. The molecule has 1 aromatic heterocycles. The Kier molecular flexibility index (Phi) is 5.49. The predicted octanol–water partition coefficient (Wildman–Crippen LogP) is 0.564. The molecule has 0 aliphatic rings. The van der Waals surface area contributed by atoms with E-state index < -0.39 is 11.2 Å². The van der Waals surface area contributed by atoms with Gasteiger partial charge in [0.2, 0.25) is 5.69 Å². The molecule has 1 heterocycles. The monoisotopic (exact) mass is 323 g/mol. The minimum absolute atomic E-state index is 0.0743. The van der Waals surface area contributed by atoms with Crippen molar-refractivity contribution in [3.63, 3.8) is 0 Å². The topological polar surface area (TPSA) is 124 Å². The van der Waals surface area contributed by atoms with Crippen LogP contribution in [-0.4, -0.2) is 33.6 Å². The van der Waals surface area contributed by atoms with Gasteiger partial charge in [0, 0.05) is 23.7 Å². The number of esters is 1. The Morgan fingerprint density at radius 3 is 2.91 bits per heavy atom. The first-order valence-corrected chi connectivity index (χ1v) is 7.01. The van der Waals surface area contributed by atoms with Crippen LogP contribution in [0.1, 0.15) is 23.0 Å². The molecular formula is C12H13N5O4S. The number of ether oxygens (including phenoxy) is 1. The molecular weight excluding hydrogens is 310 g/mol. The zero-order chi connectivity index (χ0) is 15.9. The number of benzene rings is 1. The molecule has 0 fully saturated rings. The SMILES string of the molecule is CCOC(=O)c1nnsc1N/N=C/c1ccc([NH+]([O-])O)cc1. The summed E-state index contributed by atoms with van der Waals surface area (Å²) < 4.78 is 8.52. The molecule has 9 nitrogen and oxygen atoms in total. The van der Waals surface area contributed by atoms with Crippen LogP contribution in [0.4, 0.5) is 10.7 Å². The van der Waals surface area contributed by atoms with Gasteiger partial charge in [0.25, 0.3) is 0 Å². The highest BCUT2D eigenvalue weighted by atomic mass is 32.1. The number of rotatable bonds is 6. The lowest BCUT2D eigenvalue weighted by atomic mass is 10.2. The molecule has 0 amide bonds. The zero-order valence-corrected chi connectivity index (χ0v) is 12.3. The molecule has 1 aromatic carbocycles. The molecule has 0 aliphatic carbocycles. The van der Waals surface area contributed by atoms with Crippen molar-refractivity contribution in [3.8, 4) is 0 Å². The zero-order valence-electron chi connectivity index (χ0n) is 11.5. The summed E-state index contributed by atoms with van der Waals surface area (Å²) in [5, 5.41) is 26.6. The second-order valence-electron chi connectivity index (χ2n) is 3.97. The van der Waals surface area contributed by atoms with Gasteiger partial charge in [-0.05, 0) is 24.6 Å². The van der Waals surface area contributed by atoms with Crippen molar-refractivity contribution in [1.29, 1.82) is 0 Å². The first kappa shape index (κ1) is 16.0. The molecule has 2 aromatic rings. The minimum Gasteiger partial charge on any atom is -0.595 e. The highest BCUT2D eigenvalue weighted by Gasteiger charge is 2.17. The number of quaternary nitrogens is 1. The van der Waals surface area contributed by atoms with Crippen molar-refractivity contribution < 1.29 is 20.0 Å². The molecule has 0 saturated heterocycles. The van der Waals surface area contributed by atoms with Gasteiger partial charge in [-0.15, -0.1) is 5.10 Å². The van der Waals surface area contributed by atoms with Crippen molar-refractivity contribution in [1.82, 2.24) is 9.59 Å². The number of nitrogens with one attached hydrogen (secondary N) is 2. The minimum atomic E-state index is -0.989. The van der Waals surface area contributed by atoms with Crippen molar-refractivity contribution >= 4 is 34.4 Å². The number of hydrazone groups is 1. The van der Waals surface area contributed by atoms with Gasteiger partial charge in [0.15, 0.2) is 10.7 Å². The standard InChI is InChI=1S/C12H13N5O4S/c1-2-21-12(18)10-11(22-16-14-10)15-13-7-8-3-5-9(6-4-8)17(19)20/h3-7,15,17,19H,2H2,1H3/b13-7+. The predicted molar refractivity (Wildman–Crippen MR) is 79.3 cm³/mol. The number of anilines is 1. The number of hydrogen-bond acceptors (Lipinski definition) is 9. The van der Waals surface area contributed by atoms with E-state index in [0.29, 0.717) is 10.6 Å². The Balaban J connectivity index is 2.01. The van der Waals surface area contributed by atoms with Gasteiger partial charge in [0.1, 0.15) is 0 Å². The molecule has 2 rings (SSSR count). The van der Waals surface area contributed by atoms with Gasteiger partial charge >= 0.3 is 5.97 Å². The number of carbonyl (C=O) groups excluding carboxylic acids is 1. The van der Waals surface area contributed by atoms with E-state index in [-0.39, 0.29) is 18.0 Å². The summed E-state index contributed by atoms with van der Waals surface area (Å²) in [6.45, 7) is 1.94. The summed E-state index contributed by atoms with van der Waals surface area (Å²) in [4.78, 5) is 11.6. The van der Waals surface area contributed by atoms with Crippen molar-refractivity contribution in [2.75, 3.05) is 12.0 Å². The number of aromatic nitrogens is 2. The normalized spacial score (nSPS) is 12.3. The van der Waals surface area contributed by atoms with Crippen LogP contribution in [0.3, 0.4) is 0 Å². The third-order valence-electron chi connectivity index (χ3n) is 2.49. The molecule has 0 saturated carbocycles. The Labute approximate surface area is 129 Å². The fraction of sp³-hybridized carbons (Fsp3) is 0.167. The maximum Gasteiger partial charge on any atom is 0.362 e. The molecule has 116 valence electrons. The first-order valence-electron chi connectivity index (χ1n) is 6.23. The Morgan fingerprint density at radius 1 is 1.55 bits per heavy atom. The average molecular weight is 323 g/mol. The molecule has 0 radical (unpaired) electrons. The second kappa shape index (κ2) is 7.56. The highest BCUT2D eigenvalue weighted by molar-refractivity contribution is 7.10. The van der Waals surface area contributed by atoms with E-state index in [2.05, 4.69) is 20.1 Å². The fourth-order valence-corrected chi connectivity index (χ4v) is 1.98. The van der Waals surface area contributed by atoms with E-state index in [0.717, 1.165) is 11.5 Å². The van der Waals surface area contributed by atoms with E-state index in [1.807, 2.05) is 0 Å². The van der Waals surface area contributed by atoms with E-state index in [9.17, 15) is 10.0 Å². The van der Waals surface area contributed by atoms with Gasteiger partial charge in [0.05, 0.1) is 12.8 Å². The Hall–Kier alpha value is -2.40. The maximum absolute atomic E-state index is 11.6. The number of nitrogens with zero attached hydrogens (tertiary/aromatic N) is 3. The van der Waals surface area contributed by atoms with Crippen LogP contribution in [0.2, 0.25) is 0 Å². The van der Waals surface area contributed by atoms with Gasteiger partial charge in [-0.25, -0.2) is 10.0 Å². The summed E-state index contributed by atoms with van der Waals surface area (Å²) in [7, 11) is 0. The van der Waals surface area contributed by atoms with Crippen LogP contribution in [0.25, 0.3) is 0 Å². The molecule has 1 unspecified atom stereocenters. The molecule has 1 atom stereocenters. The van der Waals surface area contributed by atoms with Gasteiger partial charge in [-0.1, -0.05) is 4.49 Å². The largest absolute Gasteiger partial charge is 0.595 e.